The Kier molecular flexibility index (Phi) is 4.38. The van der Waals surface area contributed by atoms with E-state index in [0.717, 1.165) is 57.7 Å². The highest BCUT2D eigenvalue weighted by Crippen LogP contribution is 2.24. The van der Waals surface area contributed by atoms with Crippen molar-refractivity contribution >= 4 is 5.69 Å². The second-order valence-corrected chi connectivity index (χ2v) is 5.74. The van der Waals surface area contributed by atoms with Crippen LogP contribution in [0.15, 0.2) is 18.3 Å². The summed E-state index contributed by atoms with van der Waals surface area (Å²) in [5.74, 6) is 0.751. The summed E-state index contributed by atoms with van der Waals surface area (Å²) in [6, 6.07) is 4.49. The minimum Gasteiger partial charge on any atom is -0.474 e. The number of rotatable bonds is 3. The Morgan fingerprint density at radius 3 is 2.70 bits per heavy atom. The Hall–Kier alpha value is -1.33. The van der Waals surface area contributed by atoms with E-state index in [1.807, 2.05) is 6.20 Å². The van der Waals surface area contributed by atoms with Crippen molar-refractivity contribution in [2.45, 2.75) is 37.8 Å². The second-order valence-electron chi connectivity index (χ2n) is 5.74. The summed E-state index contributed by atoms with van der Waals surface area (Å²) in [5, 5.41) is 3.37. The van der Waals surface area contributed by atoms with Crippen molar-refractivity contribution in [2.75, 3.05) is 31.1 Å². The van der Waals surface area contributed by atoms with Crippen molar-refractivity contribution in [3.05, 3.63) is 18.3 Å². The molecule has 3 rings (SSSR count). The largest absolute Gasteiger partial charge is 0.474 e. The van der Waals surface area contributed by atoms with Crippen LogP contribution in [0, 0.1) is 0 Å². The number of anilines is 1. The number of piperazine rings is 1. The van der Waals surface area contributed by atoms with Crippen LogP contribution in [0.3, 0.4) is 0 Å². The zero-order valence-corrected chi connectivity index (χ0v) is 11.9. The maximum atomic E-state index is 6.03. The smallest absolute Gasteiger partial charge is 0.215 e. The minimum atomic E-state index is 0.278. The fourth-order valence-electron chi connectivity index (χ4n) is 2.96. The van der Waals surface area contributed by atoms with E-state index in [4.69, 9.17) is 10.5 Å². The van der Waals surface area contributed by atoms with Gasteiger partial charge in [0, 0.05) is 50.2 Å². The fourth-order valence-corrected chi connectivity index (χ4v) is 2.96. The summed E-state index contributed by atoms with van der Waals surface area (Å²) in [4.78, 5) is 6.73. The predicted molar refractivity (Wildman–Crippen MR) is 80.2 cm³/mol. The Morgan fingerprint density at radius 2 is 1.95 bits per heavy atom. The van der Waals surface area contributed by atoms with E-state index in [1.54, 1.807) is 0 Å². The zero-order chi connectivity index (χ0) is 13.8. The summed E-state index contributed by atoms with van der Waals surface area (Å²) in [6.07, 6.45) is 6.33. The van der Waals surface area contributed by atoms with Crippen molar-refractivity contribution in [3.63, 3.8) is 0 Å². The molecule has 0 atom stereocenters. The monoisotopic (exact) mass is 276 g/mol. The summed E-state index contributed by atoms with van der Waals surface area (Å²) < 4.78 is 6.03. The molecule has 2 fully saturated rings. The lowest BCUT2D eigenvalue weighted by atomic mass is 9.94. The summed E-state index contributed by atoms with van der Waals surface area (Å²) in [6.45, 7) is 4.17. The number of ether oxygens (including phenoxy) is 1. The summed E-state index contributed by atoms with van der Waals surface area (Å²) in [7, 11) is 0. The summed E-state index contributed by atoms with van der Waals surface area (Å²) in [5.41, 5.74) is 7.14. The number of hydrogen-bond donors (Lipinski definition) is 2. The Balaban J connectivity index is 1.62. The van der Waals surface area contributed by atoms with Crippen molar-refractivity contribution in [1.82, 2.24) is 10.3 Å². The molecule has 20 heavy (non-hydrogen) atoms. The van der Waals surface area contributed by atoms with E-state index in [0.29, 0.717) is 6.04 Å². The molecule has 5 nitrogen and oxygen atoms in total. The van der Waals surface area contributed by atoms with Gasteiger partial charge in [0.2, 0.25) is 5.88 Å². The topological polar surface area (TPSA) is 63.4 Å². The highest BCUT2D eigenvalue weighted by atomic mass is 16.5. The molecule has 2 heterocycles. The van der Waals surface area contributed by atoms with Gasteiger partial charge in [-0.2, -0.15) is 0 Å². The van der Waals surface area contributed by atoms with E-state index >= 15 is 0 Å². The molecule has 0 spiro atoms. The Bertz CT molecular complexity index is 426. The molecule has 1 aromatic rings. The number of aromatic nitrogens is 1. The molecule has 1 saturated carbocycles. The molecule has 0 bridgehead atoms. The van der Waals surface area contributed by atoms with Crippen LogP contribution in [-0.2, 0) is 0 Å². The fraction of sp³-hybridized carbons (Fsp3) is 0.667. The maximum absolute atomic E-state index is 6.03. The normalized spacial score (nSPS) is 27.4. The molecule has 0 aromatic carbocycles. The number of nitrogens with zero attached hydrogens (tertiary/aromatic N) is 2. The lowest BCUT2D eigenvalue weighted by Gasteiger charge is -2.30. The number of pyridine rings is 1. The van der Waals surface area contributed by atoms with Gasteiger partial charge in [-0.3, -0.25) is 0 Å². The van der Waals surface area contributed by atoms with E-state index < -0.39 is 0 Å². The molecule has 3 N–H and O–H groups in total. The SMILES string of the molecule is NC1CCC(Oc2cc(N3CCNCC3)ccn2)CC1. The van der Waals surface area contributed by atoms with Gasteiger partial charge in [-0.15, -0.1) is 0 Å². The molecule has 110 valence electrons. The van der Waals surface area contributed by atoms with Crippen LogP contribution in [0.25, 0.3) is 0 Å². The minimum absolute atomic E-state index is 0.278. The quantitative estimate of drug-likeness (QED) is 0.867. The van der Waals surface area contributed by atoms with Crippen LogP contribution in [0.2, 0.25) is 0 Å². The van der Waals surface area contributed by atoms with Gasteiger partial charge in [0.25, 0.3) is 0 Å². The second kappa shape index (κ2) is 6.41. The van der Waals surface area contributed by atoms with Gasteiger partial charge in [-0.25, -0.2) is 4.98 Å². The third-order valence-electron chi connectivity index (χ3n) is 4.21. The number of nitrogens with two attached hydrogens (primary N) is 1. The molecule has 1 saturated heterocycles. The van der Waals surface area contributed by atoms with Crippen molar-refractivity contribution in [2.24, 2.45) is 5.73 Å². The van der Waals surface area contributed by atoms with Gasteiger partial charge >= 0.3 is 0 Å². The Labute approximate surface area is 120 Å². The maximum Gasteiger partial charge on any atom is 0.215 e. The van der Waals surface area contributed by atoms with Crippen LogP contribution >= 0.6 is 0 Å². The van der Waals surface area contributed by atoms with E-state index in [9.17, 15) is 0 Å². The third kappa shape index (κ3) is 3.41. The molecule has 0 unspecified atom stereocenters. The van der Waals surface area contributed by atoms with Gasteiger partial charge < -0.3 is 20.7 Å². The molecule has 1 aliphatic carbocycles. The summed E-state index contributed by atoms with van der Waals surface area (Å²) >= 11 is 0. The highest BCUT2D eigenvalue weighted by Gasteiger charge is 2.20. The predicted octanol–water partition coefficient (Wildman–Crippen LogP) is 1.14. The first kappa shape index (κ1) is 13.6. The number of hydrogen-bond acceptors (Lipinski definition) is 5. The average Bonchev–Trinajstić information content (AvgIpc) is 2.51. The molecule has 2 aliphatic rings. The molecular weight excluding hydrogens is 252 g/mol. The van der Waals surface area contributed by atoms with Crippen LogP contribution < -0.4 is 20.7 Å². The van der Waals surface area contributed by atoms with Crippen molar-refractivity contribution in [1.29, 1.82) is 0 Å². The van der Waals surface area contributed by atoms with Gasteiger partial charge in [0.05, 0.1) is 0 Å². The van der Waals surface area contributed by atoms with E-state index in [-0.39, 0.29) is 6.10 Å². The first-order valence-corrected chi connectivity index (χ1v) is 7.65. The molecule has 5 heteroatoms. The van der Waals surface area contributed by atoms with Crippen molar-refractivity contribution < 1.29 is 4.74 Å². The van der Waals surface area contributed by atoms with Gasteiger partial charge in [-0.1, -0.05) is 0 Å². The number of nitrogens with one attached hydrogen (secondary N) is 1. The van der Waals surface area contributed by atoms with Crippen LogP contribution in [0.1, 0.15) is 25.7 Å². The van der Waals surface area contributed by atoms with Crippen molar-refractivity contribution in [3.8, 4) is 5.88 Å². The molecule has 1 aliphatic heterocycles. The standard InChI is InChI=1S/C15H24N4O/c16-12-1-3-14(4-2-12)20-15-11-13(5-6-18-15)19-9-7-17-8-10-19/h5-6,11-12,14,17H,1-4,7-10,16H2. The zero-order valence-electron chi connectivity index (χ0n) is 11.9. The van der Waals surface area contributed by atoms with Crippen LogP contribution in [0.5, 0.6) is 5.88 Å². The lowest BCUT2D eigenvalue weighted by Crippen LogP contribution is -2.43. The third-order valence-corrected chi connectivity index (χ3v) is 4.21. The average molecular weight is 276 g/mol. The van der Waals surface area contributed by atoms with E-state index in [1.165, 1.54) is 5.69 Å². The molecule has 1 aromatic heterocycles. The van der Waals surface area contributed by atoms with Crippen LogP contribution in [0.4, 0.5) is 5.69 Å². The lowest BCUT2D eigenvalue weighted by molar-refractivity contribution is 0.141. The Morgan fingerprint density at radius 1 is 1.20 bits per heavy atom. The highest BCUT2D eigenvalue weighted by molar-refractivity contribution is 5.48. The molecular formula is C15H24N4O. The van der Waals surface area contributed by atoms with Gasteiger partial charge in [0.1, 0.15) is 6.10 Å². The molecule has 0 amide bonds. The first-order chi connectivity index (χ1) is 9.81. The molecule has 0 radical (unpaired) electrons. The van der Waals surface area contributed by atoms with Crippen LogP contribution in [-0.4, -0.2) is 43.3 Å². The van der Waals surface area contributed by atoms with E-state index in [2.05, 4.69) is 27.3 Å². The van der Waals surface area contributed by atoms with Gasteiger partial charge in [0.15, 0.2) is 0 Å². The first-order valence-electron chi connectivity index (χ1n) is 7.65. The van der Waals surface area contributed by atoms with Gasteiger partial charge in [-0.05, 0) is 31.7 Å².